The lowest BCUT2D eigenvalue weighted by atomic mass is 10.1. The Morgan fingerprint density at radius 2 is 1.73 bits per heavy atom. The molecule has 1 heterocycles. The molecular formula is C11H14NO2S. The Balaban J connectivity index is 2.33. The van der Waals surface area contributed by atoms with Crippen molar-refractivity contribution in [3.05, 3.63) is 30.7 Å². The lowest BCUT2D eigenvalue weighted by molar-refractivity contribution is 0.612. The van der Waals surface area contributed by atoms with E-state index >= 15 is 0 Å². The molecule has 15 heavy (non-hydrogen) atoms. The molecule has 0 amide bonds. The third kappa shape index (κ3) is 2.31. The zero-order valence-electron chi connectivity index (χ0n) is 8.43. The maximum Gasteiger partial charge on any atom is 0.170 e. The molecule has 0 bridgehead atoms. The van der Waals surface area contributed by atoms with E-state index in [1.54, 1.807) is 12.1 Å². The first-order chi connectivity index (χ1) is 7.29. The monoisotopic (exact) mass is 224 g/mol. The summed E-state index contributed by atoms with van der Waals surface area (Å²) in [6.45, 7) is 1.83. The van der Waals surface area contributed by atoms with Crippen molar-refractivity contribution in [2.45, 2.75) is 17.7 Å². The molecule has 1 fully saturated rings. The van der Waals surface area contributed by atoms with Crippen LogP contribution in [0.3, 0.4) is 0 Å². The van der Waals surface area contributed by atoms with Gasteiger partial charge in [-0.2, -0.15) is 0 Å². The van der Waals surface area contributed by atoms with Crippen LogP contribution in [0.5, 0.6) is 0 Å². The average molecular weight is 224 g/mol. The Labute approximate surface area is 91.7 Å². The minimum Gasteiger partial charge on any atom is -0.370 e. The molecule has 81 valence electrons. The van der Waals surface area contributed by atoms with E-state index in [0.29, 0.717) is 4.90 Å². The highest BCUT2D eigenvalue weighted by Gasteiger charge is 2.14. The first-order valence-corrected chi connectivity index (χ1v) is 6.27. The zero-order chi connectivity index (χ0) is 10.7. The number of para-hydroxylation sites is 1. The van der Waals surface area contributed by atoms with E-state index < -0.39 is 10.7 Å². The highest BCUT2D eigenvalue weighted by molar-refractivity contribution is 7.72. The van der Waals surface area contributed by atoms with Crippen LogP contribution in [-0.2, 0) is 10.7 Å². The van der Waals surface area contributed by atoms with Gasteiger partial charge in [-0.1, -0.05) is 12.1 Å². The standard InChI is InChI=1S/C11H14NO2S/c13-15(14)11-7-3-2-6-10(11)12-8-4-1-5-9-12/h1-3,6-7,15H,4-5,8-9H2. The van der Waals surface area contributed by atoms with E-state index in [4.69, 9.17) is 0 Å². The second-order valence-electron chi connectivity index (χ2n) is 3.60. The fraction of sp³-hybridized carbons (Fsp3) is 0.364. The highest BCUT2D eigenvalue weighted by Crippen LogP contribution is 2.24. The lowest BCUT2D eigenvalue weighted by Gasteiger charge is -2.29. The maximum absolute atomic E-state index is 11.1. The highest BCUT2D eigenvalue weighted by atomic mass is 32.2. The van der Waals surface area contributed by atoms with E-state index in [1.807, 2.05) is 12.1 Å². The van der Waals surface area contributed by atoms with Crippen molar-refractivity contribution < 1.29 is 8.42 Å². The van der Waals surface area contributed by atoms with Gasteiger partial charge in [0.15, 0.2) is 10.7 Å². The minimum absolute atomic E-state index is 0.439. The fourth-order valence-electron chi connectivity index (χ4n) is 1.88. The summed E-state index contributed by atoms with van der Waals surface area (Å²) in [4.78, 5) is 2.58. The third-order valence-electron chi connectivity index (χ3n) is 2.63. The minimum atomic E-state index is -2.49. The first-order valence-electron chi connectivity index (χ1n) is 5.09. The number of anilines is 1. The number of hydrogen-bond acceptors (Lipinski definition) is 3. The molecular weight excluding hydrogens is 210 g/mol. The number of benzene rings is 1. The summed E-state index contributed by atoms with van der Waals surface area (Å²) in [6, 6.07) is 7.20. The molecule has 0 aromatic heterocycles. The summed E-state index contributed by atoms with van der Waals surface area (Å²) in [6.07, 6.45) is 4.31. The van der Waals surface area contributed by atoms with Gasteiger partial charge in [0, 0.05) is 13.1 Å². The van der Waals surface area contributed by atoms with Gasteiger partial charge in [0.1, 0.15) is 0 Å². The summed E-state index contributed by atoms with van der Waals surface area (Å²) in [5.74, 6) is 0. The topological polar surface area (TPSA) is 37.4 Å². The van der Waals surface area contributed by atoms with E-state index in [2.05, 4.69) is 11.3 Å². The van der Waals surface area contributed by atoms with Crippen LogP contribution >= 0.6 is 0 Å². The van der Waals surface area contributed by atoms with Crippen molar-refractivity contribution in [3.8, 4) is 0 Å². The molecule has 4 heteroatoms. The molecule has 0 aliphatic carbocycles. The number of hydrogen-bond donors (Lipinski definition) is 1. The van der Waals surface area contributed by atoms with Crippen molar-refractivity contribution in [1.82, 2.24) is 0 Å². The Morgan fingerprint density at radius 3 is 2.40 bits per heavy atom. The van der Waals surface area contributed by atoms with Crippen LogP contribution in [0.4, 0.5) is 5.69 Å². The van der Waals surface area contributed by atoms with Gasteiger partial charge in [-0.3, -0.25) is 0 Å². The van der Waals surface area contributed by atoms with Crippen molar-refractivity contribution in [2.24, 2.45) is 0 Å². The van der Waals surface area contributed by atoms with Crippen LogP contribution in [0.25, 0.3) is 0 Å². The van der Waals surface area contributed by atoms with Crippen LogP contribution in [0.15, 0.2) is 29.2 Å². The second kappa shape index (κ2) is 4.66. The molecule has 0 N–H and O–H groups in total. The molecule has 1 aliphatic rings. The quantitative estimate of drug-likeness (QED) is 0.773. The fourth-order valence-corrected chi connectivity index (χ4v) is 2.49. The smallest absolute Gasteiger partial charge is 0.170 e. The summed E-state index contributed by atoms with van der Waals surface area (Å²) in [5.41, 5.74) is 0.849. The zero-order valence-corrected chi connectivity index (χ0v) is 9.32. The van der Waals surface area contributed by atoms with Gasteiger partial charge in [-0.05, 0) is 31.4 Å². The number of nitrogens with zero attached hydrogens (tertiary/aromatic N) is 1. The van der Waals surface area contributed by atoms with Crippen LogP contribution in [0, 0.1) is 6.42 Å². The summed E-state index contributed by atoms with van der Waals surface area (Å²) in [7, 11) is -2.49. The van der Waals surface area contributed by atoms with Crippen LogP contribution in [0.2, 0.25) is 0 Å². The summed E-state index contributed by atoms with van der Waals surface area (Å²) >= 11 is 0. The Kier molecular flexibility index (Phi) is 3.26. The van der Waals surface area contributed by atoms with Crippen molar-refractivity contribution in [1.29, 1.82) is 0 Å². The SMILES string of the molecule is O=[SH](=O)c1ccccc1N1CC[CH]CC1. The van der Waals surface area contributed by atoms with Crippen LogP contribution < -0.4 is 4.90 Å². The van der Waals surface area contributed by atoms with E-state index in [1.165, 1.54) is 0 Å². The van der Waals surface area contributed by atoms with Gasteiger partial charge >= 0.3 is 0 Å². The number of rotatable bonds is 2. The summed E-state index contributed by atoms with van der Waals surface area (Å²) in [5, 5.41) is 0. The Hall–Kier alpha value is -1.03. The Bertz CT molecular complexity index is 401. The molecule has 1 aromatic carbocycles. The van der Waals surface area contributed by atoms with E-state index in [0.717, 1.165) is 31.6 Å². The first kappa shape index (κ1) is 10.5. The van der Waals surface area contributed by atoms with Crippen molar-refractivity contribution in [2.75, 3.05) is 18.0 Å². The van der Waals surface area contributed by atoms with E-state index in [-0.39, 0.29) is 0 Å². The molecule has 1 radical (unpaired) electrons. The van der Waals surface area contributed by atoms with Crippen LogP contribution in [0.1, 0.15) is 12.8 Å². The molecule has 0 spiro atoms. The van der Waals surface area contributed by atoms with Crippen molar-refractivity contribution in [3.63, 3.8) is 0 Å². The summed E-state index contributed by atoms with van der Waals surface area (Å²) < 4.78 is 22.1. The van der Waals surface area contributed by atoms with E-state index in [9.17, 15) is 8.42 Å². The van der Waals surface area contributed by atoms with Gasteiger partial charge in [-0.15, -0.1) is 0 Å². The van der Waals surface area contributed by atoms with Gasteiger partial charge in [-0.25, -0.2) is 8.42 Å². The predicted octanol–water partition coefficient (Wildman–Crippen LogP) is 1.46. The van der Waals surface area contributed by atoms with Gasteiger partial charge in [0.2, 0.25) is 0 Å². The molecule has 3 nitrogen and oxygen atoms in total. The number of thiol groups is 1. The lowest BCUT2D eigenvalue weighted by Crippen LogP contribution is -2.30. The van der Waals surface area contributed by atoms with Crippen molar-refractivity contribution >= 4 is 16.4 Å². The number of piperidine rings is 1. The third-order valence-corrected chi connectivity index (χ3v) is 3.40. The van der Waals surface area contributed by atoms with Gasteiger partial charge in [0.05, 0.1) is 10.6 Å². The normalized spacial score (nSPS) is 17.0. The average Bonchev–Trinajstić information content (AvgIpc) is 2.30. The molecule has 1 aliphatic heterocycles. The molecule has 1 aromatic rings. The maximum atomic E-state index is 11.1. The molecule has 0 unspecified atom stereocenters. The Morgan fingerprint density at radius 1 is 1.07 bits per heavy atom. The predicted molar refractivity (Wildman–Crippen MR) is 60.8 cm³/mol. The van der Waals surface area contributed by atoms with Gasteiger partial charge in [0.25, 0.3) is 0 Å². The molecule has 1 saturated heterocycles. The molecule has 2 rings (SSSR count). The molecule has 0 atom stereocenters. The molecule has 0 saturated carbocycles. The van der Waals surface area contributed by atoms with Crippen LogP contribution in [-0.4, -0.2) is 21.5 Å². The van der Waals surface area contributed by atoms with Gasteiger partial charge < -0.3 is 4.90 Å². The largest absolute Gasteiger partial charge is 0.370 e. The second-order valence-corrected chi connectivity index (χ2v) is 4.59.